The molecule has 1 aliphatic heterocycles. The molecule has 4 atom stereocenters. The van der Waals surface area contributed by atoms with Crippen molar-refractivity contribution in [2.45, 2.75) is 43.3 Å². The second-order valence-corrected chi connectivity index (χ2v) is 5.85. The number of nitrogen functional groups attached to an aromatic ring is 1. The SMILES string of the molecule is Nc1ncnc2c1ncn2[C@]1(CCCCO)O[C@H](CO)[C@@H](O)[C@H]1O. The van der Waals surface area contributed by atoms with E-state index in [0.29, 0.717) is 24.0 Å². The lowest BCUT2D eigenvalue weighted by Gasteiger charge is -2.33. The third-order valence-corrected chi connectivity index (χ3v) is 4.41. The molecule has 3 rings (SSSR count). The van der Waals surface area contributed by atoms with Gasteiger partial charge in [-0.1, -0.05) is 0 Å². The molecule has 2 aromatic heterocycles. The Morgan fingerprint density at radius 1 is 1.21 bits per heavy atom. The lowest BCUT2D eigenvalue weighted by molar-refractivity contribution is -0.151. The van der Waals surface area contributed by atoms with Crippen LogP contribution in [-0.4, -0.2) is 71.5 Å². The average molecular weight is 339 g/mol. The van der Waals surface area contributed by atoms with Crippen molar-refractivity contribution in [3.63, 3.8) is 0 Å². The van der Waals surface area contributed by atoms with Crippen molar-refractivity contribution in [1.29, 1.82) is 0 Å². The van der Waals surface area contributed by atoms with Gasteiger partial charge in [-0.15, -0.1) is 0 Å². The van der Waals surface area contributed by atoms with Gasteiger partial charge in [-0.05, 0) is 19.3 Å². The van der Waals surface area contributed by atoms with E-state index in [2.05, 4.69) is 15.0 Å². The first-order valence-corrected chi connectivity index (χ1v) is 7.75. The molecule has 10 nitrogen and oxygen atoms in total. The Balaban J connectivity index is 2.09. The molecule has 0 unspecified atom stereocenters. The molecule has 0 saturated carbocycles. The Bertz CT molecular complexity index is 710. The van der Waals surface area contributed by atoms with Gasteiger partial charge in [0.15, 0.2) is 17.2 Å². The first kappa shape index (κ1) is 17.0. The standard InChI is InChI=1S/C14H21N5O5/c15-12-9-13(17-6-16-12)19(7-18-9)14(3-1-2-4-20)11(23)10(22)8(5-21)24-14/h6-8,10-11,20-23H,1-5H2,(H2,15,16,17)/t8-,10-,11-,14-/m1/s1. The molecule has 2 aromatic rings. The molecular weight excluding hydrogens is 318 g/mol. The molecule has 0 spiro atoms. The summed E-state index contributed by atoms with van der Waals surface area (Å²) in [6, 6.07) is 0. The second-order valence-electron chi connectivity index (χ2n) is 5.85. The highest BCUT2D eigenvalue weighted by atomic mass is 16.6. The zero-order valence-corrected chi connectivity index (χ0v) is 13.0. The predicted octanol–water partition coefficient (Wildman–Crippen LogP) is -1.66. The van der Waals surface area contributed by atoms with E-state index in [9.17, 15) is 15.3 Å². The minimum atomic E-state index is -1.36. The van der Waals surface area contributed by atoms with E-state index in [-0.39, 0.29) is 18.8 Å². The van der Waals surface area contributed by atoms with Crippen molar-refractivity contribution < 1.29 is 25.2 Å². The van der Waals surface area contributed by atoms with E-state index in [0.717, 1.165) is 0 Å². The molecule has 0 aliphatic carbocycles. The number of imidazole rings is 1. The molecule has 6 N–H and O–H groups in total. The van der Waals surface area contributed by atoms with Crippen LogP contribution in [0.4, 0.5) is 5.82 Å². The summed E-state index contributed by atoms with van der Waals surface area (Å²) in [5, 5.41) is 39.3. The minimum absolute atomic E-state index is 0.00203. The second kappa shape index (κ2) is 6.57. The van der Waals surface area contributed by atoms with Crippen molar-refractivity contribution in [1.82, 2.24) is 19.5 Å². The highest BCUT2D eigenvalue weighted by Gasteiger charge is 2.55. The number of nitrogens with zero attached hydrogens (tertiary/aromatic N) is 4. The monoisotopic (exact) mass is 339 g/mol. The lowest BCUT2D eigenvalue weighted by atomic mass is 9.96. The van der Waals surface area contributed by atoms with E-state index in [1.807, 2.05) is 0 Å². The van der Waals surface area contributed by atoms with Gasteiger partial charge in [0.1, 0.15) is 30.2 Å². The fourth-order valence-electron chi connectivity index (χ4n) is 3.16. The van der Waals surface area contributed by atoms with Crippen LogP contribution in [0.25, 0.3) is 11.2 Å². The van der Waals surface area contributed by atoms with E-state index >= 15 is 0 Å². The molecule has 132 valence electrons. The molecule has 0 amide bonds. The molecule has 1 fully saturated rings. The Hall–Kier alpha value is -1.85. The van der Waals surface area contributed by atoms with Crippen LogP contribution >= 0.6 is 0 Å². The molecule has 1 saturated heterocycles. The van der Waals surface area contributed by atoms with Gasteiger partial charge < -0.3 is 30.9 Å². The highest BCUT2D eigenvalue weighted by molar-refractivity contribution is 5.81. The maximum Gasteiger partial charge on any atom is 0.176 e. The van der Waals surface area contributed by atoms with E-state index in [1.54, 1.807) is 0 Å². The summed E-state index contributed by atoms with van der Waals surface area (Å²) in [5.41, 5.74) is 5.15. The molecule has 3 heterocycles. The number of ether oxygens (including phenoxy) is 1. The maximum absolute atomic E-state index is 10.6. The van der Waals surface area contributed by atoms with Crippen LogP contribution in [0.3, 0.4) is 0 Å². The summed E-state index contributed by atoms with van der Waals surface area (Å²) < 4.78 is 7.37. The zero-order valence-electron chi connectivity index (χ0n) is 13.0. The van der Waals surface area contributed by atoms with Gasteiger partial charge >= 0.3 is 0 Å². The molecule has 10 heteroatoms. The first-order valence-electron chi connectivity index (χ1n) is 7.75. The van der Waals surface area contributed by atoms with Crippen molar-refractivity contribution in [2.75, 3.05) is 18.9 Å². The molecule has 1 aliphatic rings. The summed E-state index contributed by atoms with van der Waals surface area (Å²) in [4.78, 5) is 12.2. The van der Waals surface area contributed by atoms with Crippen LogP contribution < -0.4 is 5.73 Å². The summed E-state index contributed by atoms with van der Waals surface area (Å²) >= 11 is 0. The summed E-state index contributed by atoms with van der Waals surface area (Å²) in [7, 11) is 0. The Morgan fingerprint density at radius 2 is 2.00 bits per heavy atom. The lowest BCUT2D eigenvalue weighted by Crippen LogP contribution is -2.45. The van der Waals surface area contributed by atoms with E-state index in [1.165, 1.54) is 17.2 Å². The smallest absolute Gasteiger partial charge is 0.176 e. The summed E-state index contributed by atoms with van der Waals surface area (Å²) in [6.07, 6.45) is 0.509. The average Bonchev–Trinajstić information content (AvgIpc) is 3.12. The number of aliphatic hydroxyl groups excluding tert-OH is 4. The third-order valence-electron chi connectivity index (χ3n) is 4.41. The number of anilines is 1. The highest BCUT2D eigenvalue weighted by Crippen LogP contribution is 2.41. The molecular formula is C14H21N5O5. The zero-order chi connectivity index (χ0) is 17.3. The Labute approximate surface area is 137 Å². The number of unbranched alkanes of at least 4 members (excludes halogenated alkanes) is 1. The van der Waals surface area contributed by atoms with Crippen LogP contribution in [0, 0.1) is 0 Å². The largest absolute Gasteiger partial charge is 0.396 e. The number of rotatable bonds is 6. The molecule has 0 radical (unpaired) electrons. The van der Waals surface area contributed by atoms with E-state index < -0.39 is 30.6 Å². The van der Waals surface area contributed by atoms with Crippen molar-refractivity contribution in [3.05, 3.63) is 12.7 Å². The number of aromatic nitrogens is 4. The van der Waals surface area contributed by atoms with Gasteiger partial charge in [0, 0.05) is 6.61 Å². The number of nitrogens with two attached hydrogens (primary N) is 1. The number of aliphatic hydroxyl groups is 4. The van der Waals surface area contributed by atoms with Gasteiger partial charge in [-0.2, -0.15) is 0 Å². The van der Waals surface area contributed by atoms with Gasteiger partial charge in [-0.3, -0.25) is 4.57 Å². The molecule has 0 bridgehead atoms. The Kier molecular flexibility index (Phi) is 4.65. The molecule has 24 heavy (non-hydrogen) atoms. The van der Waals surface area contributed by atoms with Crippen molar-refractivity contribution >= 4 is 17.0 Å². The van der Waals surface area contributed by atoms with Gasteiger partial charge in [-0.25, -0.2) is 15.0 Å². The van der Waals surface area contributed by atoms with Crippen LogP contribution in [0.15, 0.2) is 12.7 Å². The first-order chi connectivity index (χ1) is 11.5. The van der Waals surface area contributed by atoms with Crippen LogP contribution in [0.1, 0.15) is 19.3 Å². The quantitative estimate of drug-likeness (QED) is 0.388. The molecule has 0 aromatic carbocycles. The summed E-state index contributed by atoms with van der Waals surface area (Å²) in [5.74, 6) is 0.191. The topological polar surface area (TPSA) is 160 Å². The van der Waals surface area contributed by atoms with E-state index in [4.69, 9.17) is 15.6 Å². The van der Waals surface area contributed by atoms with Crippen molar-refractivity contribution in [3.8, 4) is 0 Å². The van der Waals surface area contributed by atoms with Gasteiger partial charge in [0.05, 0.1) is 12.9 Å². The van der Waals surface area contributed by atoms with Gasteiger partial charge in [0.25, 0.3) is 0 Å². The van der Waals surface area contributed by atoms with Crippen LogP contribution in [-0.2, 0) is 10.5 Å². The summed E-state index contributed by atoms with van der Waals surface area (Å²) in [6.45, 7) is -0.443. The maximum atomic E-state index is 10.6. The predicted molar refractivity (Wildman–Crippen MR) is 82.6 cm³/mol. The van der Waals surface area contributed by atoms with Crippen molar-refractivity contribution in [2.24, 2.45) is 0 Å². The number of hydrogen-bond donors (Lipinski definition) is 5. The number of fused-ring (bicyclic) bond motifs is 1. The minimum Gasteiger partial charge on any atom is -0.396 e. The van der Waals surface area contributed by atoms with Gasteiger partial charge in [0.2, 0.25) is 0 Å². The van der Waals surface area contributed by atoms with Crippen LogP contribution in [0.2, 0.25) is 0 Å². The number of hydrogen-bond acceptors (Lipinski definition) is 9. The fraction of sp³-hybridized carbons (Fsp3) is 0.643. The fourth-order valence-corrected chi connectivity index (χ4v) is 3.16. The third kappa shape index (κ3) is 2.52. The normalized spacial score (nSPS) is 30.2. The van der Waals surface area contributed by atoms with Crippen LogP contribution in [0.5, 0.6) is 0 Å². The Morgan fingerprint density at radius 3 is 2.67 bits per heavy atom.